The van der Waals surface area contributed by atoms with Gasteiger partial charge in [0, 0.05) is 0 Å². The zero-order valence-corrected chi connectivity index (χ0v) is 17.8. The van der Waals surface area contributed by atoms with Gasteiger partial charge in [0.15, 0.2) is 25.0 Å². The number of hydrogen-bond donors (Lipinski definition) is 10. The second-order valence-corrected chi connectivity index (χ2v) is 8.36. The average Bonchev–Trinajstić information content (AvgIpc) is 2.80. The fraction of sp³-hybridized carbons (Fsp3) is 0.944. The molecule has 0 spiro atoms. The van der Waals surface area contributed by atoms with Crippen LogP contribution in [-0.2, 0) is 28.5 Å². The molecule has 0 bridgehead atoms. The van der Waals surface area contributed by atoms with Gasteiger partial charge in [-0.1, -0.05) is 0 Å². The minimum Gasteiger partial charge on any atom is -0.479 e. The van der Waals surface area contributed by atoms with Crippen molar-refractivity contribution in [2.75, 3.05) is 6.61 Å². The van der Waals surface area contributed by atoms with Crippen molar-refractivity contribution in [3.63, 3.8) is 0 Å². The first-order valence-electron chi connectivity index (χ1n) is 10.4. The van der Waals surface area contributed by atoms with E-state index in [0.717, 1.165) is 0 Å². The minimum atomic E-state index is -2.06. The number of aliphatic hydroxyl groups is 9. The van der Waals surface area contributed by atoms with Gasteiger partial charge in [0.25, 0.3) is 0 Å². The highest BCUT2D eigenvalue weighted by atomic mass is 16.8. The highest BCUT2D eigenvalue weighted by Gasteiger charge is 2.54. The van der Waals surface area contributed by atoms with E-state index < -0.39 is 105 Å². The van der Waals surface area contributed by atoms with Gasteiger partial charge < -0.3 is 74.7 Å². The molecule has 3 heterocycles. The first kappa shape index (κ1) is 27.5. The van der Waals surface area contributed by atoms with Gasteiger partial charge >= 0.3 is 5.97 Å². The van der Waals surface area contributed by atoms with Crippen LogP contribution in [-0.4, -0.2) is 156 Å². The van der Waals surface area contributed by atoms with E-state index in [-0.39, 0.29) is 0 Å². The van der Waals surface area contributed by atoms with E-state index in [9.17, 15) is 55.9 Å². The molecule has 34 heavy (non-hydrogen) atoms. The zero-order chi connectivity index (χ0) is 25.5. The SMILES string of the molecule is C[C@@H]1O[C@@H](O[C@H]2[C@H](O[C@H]3[C@H](O)[C@@H](O)C(O)O[C@@H]3C(=O)O)O[C@H](CO)[C@H](O)[C@@H]2O)[C@H](O)[C@H](O)[C@H]1O. The van der Waals surface area contributed by atoms with Crippen molar-refractivity contribution in [2.45, 2.75) is 99.0 Å². The Balaban J connectivity index is 1.86. The molecule has 0 amide bonds. The van der Waals surface area contributed by atoms with E-state index in [0.29, 0.717) is 0 Å². The summed E-state index contributed by atoms with van der Waals surface area (Å²) in [6, 6.07) is 0. The van der Waals surface area contributed by atoms with Gasteiger partial charge in [0.1, 0.15) is 61.0 Å². The first-order valence-corrected chi connectivity index (χ1v) is 10.4. The summed E-state index contributed by atoms with van der Waals surface area (Å²) >= 11 is 0. The van der Waals surface area contributed by atoms with Gasteiger partial charge in [-0.15, -0.1) is 0 Å². The molecule has 3 aliphatic heterocycles. The molecule has 3 saturated heterocycles. The van der Waals surface area contributed by atoms with Crippen molar-refractivity contribution in [3.8, 4) is 0 Å². The number of hydrogen-bond acceptors (Lipinski definition) is 15. The van der Waals surface area contributed by atoms with E-state index in [1.807, 2.05) is 0 Å². The zero-order valence-electron chi connectivity index (χ0n) is 17.8. The third kappa shape index (κ3) is 5.20. The van der Waals surface area contributed by atoms with Crippen LogP contribution in [0.1, 0.15) is 6.92 Å². The number of carbonyl (C=O) groups is 1. The summed E-state index contributed by atoms with van der Waals surface area (Å²) in [6.07, 6.45) is -26.5. The highest BCUT2D eigenvalue weighted by molar-refractivity contribution is 5.73. The Labute approximate surface area is 192 Å². The van der Waals surface area contributed by atoms with E-state index in [4.69, 9.17) is 23.7 Å². The number of aliphatic carboxylic acids is 1. The Morgan fingerprint density at radius 1 is 0.706 bits per heavy atom. The molecule has 3 aliphatic rings. The summed E-state index contributed by atoms with van der Waals surface area (Å²) in [5, 5.41) is 99.5. The van der Waals surface area contributed by atoms with Gasteiger partial charge in [0.05, 0.1) is 12.7 Å². The lowest BCUT2D eigenvalue weighted by Crippen LogP contribution is -2.67. The Hall–Kier alpha value is -1.09. The molecule has 16 nitrogen and oxygen atoms in total. The molecule has 10 N–H and O–H groups in total. The number of aliphatic hydroxyl groups excluding tert-OH is 9. The lowest BCUT2D eigenvalue weighted by atomic mass is 9.96. The maximum Gasteiger partial charge on any atom is 0.335 e. The summed E-state index contributed by atoms with van der Waals surface area (Å²) in [4.78, 5) is 11.6. The second kappa shape index (κ2) is 10.9. The normalized spacial score (nSPS) is 52.4. The molecule has 0 radical (unpaired) electrons. The molecule has 0 aromatic heterocycles. The molecule has 0 saturated carbocycles. The fourth-order valence-corrected chi connectivity index (χ4v) is 3.95. The van der Waals surface area contributed by atoms with Crippen LogP contribution in [0.15, 0.2) is 0 Å². The maximum absolute atomic E-state index is 11.6. The number of carboxylic acid groups (broad SMARTS) is 1. The first-order chi connectivity index (χ1) is 15.9. The molecular weight excluding hydrogens is 472 g/mol. The average molecular weight is 502 g/mol. The van der Waals surface area contributed by atoms with E-state index in [1.54, 1.807) is 0 Å². The van der Waals surface area contributed by atoms with Gasteiger partial charge in [-0.05, 0) is 6.92 Å². The van der Waals surface area contributed by atoms with Crippen LogP contribution in [0.4, 0.5) is 0 Å². The van der Waals surface area contributed by atoms with Crippen molar-refractivity contribution < 1.29 is 79.5 Å². The molecule has 3 rings (SSSR count). The molecule has 0 aromatic rings. The topological polar surface area (TPSA) is 266 Å². The monoisotopic (exact) mass is 502 g/mol. The predicted molar refractivity (Wildman–Crippen MR) is 100 cm³/mol. The van der Waals surface area contributed by atoms with Crippen molar-refractivity contribution >= 4 is 5.97 Å². The van der Waals surface area contributed by atoms with Crippen molar-refractivity contribution in [1.29, 1.82) is 0 Å². The van der Waals surface area contributed by atoms with Crippen LogP contribution in [0.5, 0.6) is 0 Å². The molecule has 1 unspecified atom stereocenters. The lowest BCUT2D eigenvalue weighted by molar-refractivity contribution is -0.383. The van der Waals surface area contributed by atoms with Crippen LogP contribution in [0.2, 0.25) is 0 Å². The molecular formula is C18H30O16. The third-order valence-electron chi connectivity index (χ3n) is 6.02. The lowest BCUT2D eigenvalue weighted by Gasteiger charge is -2.47. The smallest absolute Gasteiger partial charge is 0.335 e. The molecule has 3 fully saturated rings. The fourth-order valence-electron chi connectivity index (χ4n) is 3.95. The quantitative estimate of drug-likeness (QED) is 0.162. The Kier molecular flexibility index (Phi) is 8.81. The summed E-state index contributed by atoms with van der Waals surface area (Å²) < 4.78 is 26.3. The van der Waals surface area contributed by atoms with Gasteiger partial charge in [0.2, 0.25) is 0 Å². The largest absolute Gasteiger partial charge is 0.479 e. The summed E-state index contributed by atoms with van der Waals surface area (Å²) in [5.74, 6) is -1.69. The molecule has 15 atom stereocenters. The molecule has 16 heteroatoms. The molecule has 198 valence electrons. The van der Waals surface area contributed by atoms with E-state index >= 15 is 0 Å². The van der Waals surface area contributed by atoms with Crippen LogP contribution in [0.3, 0.4) is 0 Å². The number of ether oxygens (including phenoxy) is 5. The Bertz CT molecular complexity index is 695. The van der Waals surface area contributed by atoms with E-state index in [2.05, 4.69) is 0 Å². The van der Waals surface area contributed by atoms with Gasteiger partial charge in [-0.25, -0.2) is 4.79 Å². The Morgan fingerprint density at radius 2 is 1.29 bits per heavy atom. The number of carboxylic acids is 1. The van der Waals surface area contributed by atoms with E-state index in [1.165, 1.54) is 6.92 Å². The molecule has 0 aromatic carbocycles. The van der Waals surface area contributed by atoms with Crippen molar-refractivity contribution in [2.24, 2.45) is 0 Å². The molecule has 0 aliphatic carbocycles. The summed E-state index contributed by atoms with van der Waals surface area (Å²) in [5.41, 5.74) is 0. The highest BCUT2D eigenvalue weighted by Crippen LogP contribution is 2.32. The van der Waals surface area contributed by atoms with Crippen LogP contribution in [0.25, 0.3) is 0 Å². The second-order valence-electron chi connectivity index (χ2n) is 8.36. The van der Waals surface area contributed by atoms with Crippen molar-refractivity contribution in [3.05, 3.63) is 0 Å². The minimum absolute atomic E-state index is 0.831. The van der Waals surface area contributed by atoms with Gasteiger partial charge in [-0.2, -0.15) is 0 Å². The van der Waals surface area contributed by atoms with Gasteiger partial charge in [-0.3, -0.25) is 0 Å². The standard InChI is InChI=1S/C18H30O16/c1-3-5(20)7(22)11(26)17(30-3)34-13-8(23)6(21)4(2-19)31-18(13)33-12-9(24)10(25)16(29)32-14(12)15(27)28/h3-14,16-26,29H,2H2,1H3,(H,27,28)/t3-,4+,5-,6-,7+,8-,9+,10+,11+,12-,13+,14-,16?,17-,18-/m0/s1. The predicted octanol–water partition coefficient (Wildman–Crippen LogP) is -6.45. The number of rotatable bonds is 6. The van der Waals surface area contributed by atoms with Crippen LogP contribution in [0, 0.1) is 0 Å². The van der Waals surface area contributed by atoms with Crippen LogP contribution >= 0.6 is 0 Å². The Morgan fingerprint density at radius 3 is 1.88 bits per heavy atom. The third-order valence-corrected chi connectivity index (χ3v) is 6.02. The summed E-state index contributed by atoms with van der Waals surface area (Å²) in [6.45, 7) is 0.525. The maximum atomic E-state index is 11.6. The van der Waals surface area contributed by atoms with Crippen LogP contribution < -0.4 is 0 Å². The van der Waals surface area contributed by atoms with Crippen molar-refractivity contribution in [1.82, 2.24) is 0 Å². The summed E-state index contributed by atoms with van der Waals surface area (Å²) in [7, 11) is 0.